The van der Waals surface area contributed by atoms with Gasteiger partial charge in [0.15, 0.2) is 6.10 Å². The van der Waals surface area contributed by atoms with E-state index in [1.54, 1.807) is 44.4 Å². The molecule has 1 N–H and O–H groups in total. The molecule has 1 unspecified atom stereocenters. The minimum absolute atomic E-state index is 0.132. The van der Waals surface area contributed by atoms with Crippen LogP contribution in [0.4, 0.5) is 5.82 Å². The molecule has 0 aromatic carbocycles. The molecule has 1 aliphatic heterocycles. The molecule has 7 heteroatoms. The standard InChI is InChI=1S/C14H20N4O3/c1-15-12-10(5-4-6-16-12)13(19)18-7-8-21-11(9-18)14(20)17(2)3/h4-6,11H,7-9H2,1-3H3,(H,15,16). The summed E-state index contributed by atoms with van der Waals surface area (Å²) in [6.45, 7) is 1.08. The van der Waals surface area contributed by atoms with Crippen molar-refractivity contribution in [1.82, 2.24) is 14.8 Å². The first kappa shape index (κ1) is 15.2. The predicted molar refractivity (Wildman–Crippen MR) is 78.1 cm³/mol. The van der Waals surface area contributed by atoms with Gasteiger partial charge in [0.05, 0.1) is 18.7 Å². The number of carbonyl (C=O) groups is 2. The third-order valence-electron chi connectivity index (χ3n) is 3.34. The maximum atomic E-state index is 12.6. The van der Waals surface area contributed by atoms with Gasteiger partial charge in [0.1, 0.15) is 5.82 Å². The molecule has 0 saturated carbocycles. The Morgan fingerprint density at radius 2 is 2.24 bits per heavy atom. The summed E-state index contributed by atoms with van der Waals surface area (Å²) in [6.07, 6.45) is 1.02. The van der Waals surface area contributed by atoms with Crippen molar-refractivity contribution in [2.75, 3.05) is 46.2 Å². The van der Waals surface area contributed by atoms with Crippen molar-refractivity contribution in [3.63, 3.8) is 0 Å². The highest BCUT2D eigenvalue weighted by atomic mass is 16.5. The summed E-state index contributed by atoms with van der Waals surface area (Å²) in [5, 5.41) is 2.90. The molecule has 1 aromatic heterocycles. The Kier molecular flexibility index (Phi) is 4.74. The Balaban J connectivity index is 2.14. The van der Waals surface area contributed by atoms with Gasteiger partial charge < -0.3 is 19.9 Å². The second-order valence-corrected chi connectivity index (χ2v) is 4.99. The van der Waals surface area contributed by atoms with Crippen LogP contribution in [0.15, 0.2) is 18.3 Å². The molecule has 21 heavy (non-hydrogen) atoms. The third-order valence-corrected chi connectivity index (χ3v) is 3.34. The first-order chi connectivity index (χ1) is 10.0. The summed E-state index contributed by atoms with van der Waals surface area (Å²) in [6, 6.07) is 3.44. The second kappa shape index (κ2) is 6.53. The van der Waals surface area contributed by atoms with Gasteiger partial charge in [-0.25, -0.2) is 4.98 Å². The van der Waals surface area contributed by atoms with Crippen molar-refractivity contribution in [1.29, 1.82) is 0 Å². The fourth-order valence-corrected chi connectivity index (χ4v) is 2.22. The van der Waals surface area contributed by atoms with E-state index in [1.807, 2.05) is 0 Å². The fraction of sp³-hybridized carbons (Fsp3) is 0.500. The Bertz CT molecular complexity index is 533. The molecule has 2 rings (SSSR count). The van der Waals surface area contributed by atoms with E-state index in [0.717, 1.165) is 0 Å². The van der Waals surface area contributed by atoms with E-state index in [-0.39, 0.29) is 18.4 Å². The minimum Gasteiger partial charge on any atom is -0.372 e. The quantitative estimate of drug-likeness (QED) is 0.852. The molecule has 0 radical (unpaired) electrons. The van der Waals surface area contributed by atoms with Crippen molar-refractivity contribution in [2.45, 2.75) is 6.10 Å². The maximum absolute atomic E-state index is 12.6. The van der Waals surface area contributed by atoms with Gasteiger partial charge in [-0.05, 0) is 12.1 Å². The average Bonchev–Trinajstić information content (AvgIpc) is 2.53. The normalized spacial score (nSPS) is 18.2. The van der Waals surface area contributed by atoms with Gasteiger partial charge in [-0.15, -0.1) is 0 Å². The van der Waals surface area contributed by atoms with Crippen molar-refractivity contribution >= 4 is 17.6 Å². The molecule has 1 aromatic rings. The number of nitrogens with one attached hydrogen (secondary N) is 1. The molecule has 0 spiro atoms. The lowest BCUT2D eigenvalue weighted by atomic mass is 10.2. The van der Waals surface area contributed by atoms with Crippen LogP contribution < -0.4 is 5.32 Å². The number of carbonyl (C=O) groups excluding carboxylic acids is 2. The molecule has 1 saturated heterocycles. The lowest BCUT2D eigenvalue weighted by Gasteiger charge is -2.33. The Morgan fingerprint density at radius 3 is 2.90 bits per heavy atom. The largest absolute Gasteiger partial charge is 0.372 e. The summed E-state index contributed by atoms with van der Waals surface area (Å²) in [4.78, 5) is 31.8. The van der Waals surface area contributed by atoms with Crippen LogP contribution in [0.3, 0.4) is 0 Å². The van der Waals surface area contributed by atoms with Gasteiger partial charge >= 0.3 is 0 Å². The zero-order valence-corrected chi connectivity index (χ0v) is 12.5. The molecule has 2 amide bonds. The molecular formula is C14H20N4O3. The van der Waals surface area contributed by atoms with Gasteiger partial charge in [-0.2, -0.15) is 0 Å². The SMILES string of the molecule is CNc1ncccc1C(=O)N1CCOC(C(=O)N(C)C)C1. The summed E-state index contributed by atoms with van der Waals surface area (Å²) in [5.41, 5.74) is 0.498. The number of aromatic nitrogens is 1. The van der Waals surface area contributed by atoms with Crippen LogP contribution in [0.5, 0.6) is 0 Å². The molecule has 2 heterocycles. The lowest BCUT2D eigenvalue weighted by molar-refractivity contribution is -0.145. The number of nitrogens with zero attached hydrogens (tertiary/aromatic N) is 3. The Hall–Kier alpha value is -2.15. The van der Waals surface area contributed by atoms with Gasteiger partial charge in [-0.3, -0.25) is 9.59 Å². The highest BCUT2D eigenvalue weighted by molar-refractivity contribution is 5.99. The maximum Gasteiger partial charge on any atom is 0.257 e. The molecule has 0 aliphatic carbocycles. The number of hydrogen-bond acceptors (Lipinski definition) is 5. The Labute approximate surface area is 123 Å². The van der Waals surface area contributed by atoms with Crippen LogP contribution in [0, 0.1) is 0 Å². The minimum atomic E-state index is -0.604. The third kappa shape index (κ3) is 3.30. The molecule has 1 fully saturated rings. The molecule has 1 atom stereocenters. The number of ether oxygens (including phenoxy) is 1. The zero-order chi connectivity index (χ0) is 15.4. The van der Waals surface area contributed by atoms with E-state index >= 15 is 0 Å². The first-order valence-electron chi connectivity index (χ1n) is 6.79. The van der Waals surface area contributed by atoms with Gasteiger partial charge in [0, 0.05) is 33.9 Å². The summed E-state index contributed by atoms with van der Waals surface area (Å²) in [5.74, 6) is 0.254. The second-order valence-electron chi connectivity index (χ2n) is 4.99. The summed E-state index contributed by atoms with van der Waals surface area (Å²) >= 11 is 0. The van der Waals surface area contributed by atoms with Crippen molar-refractivity contribution in [3.8, 4) is 0 Å². The van der Waals surface area contributed by atoms with E-state index in [0.29, 0.717) is 24.5 Å². The summed E-state index contributed by atoms with van der Waals surface area (Å²) < 4.78 is 5.46. The van der Waals surface area contributed by atoms with E-state index in [2.05, 4.69) is 10.3 Å². The lowest BCUT2D eigenvalue weighted by Crippen LogP contribution is -2.51. The average molecular weight is 292 g/mol. The van der Waals surface area contributed by atoms with E-state index < -0.39 is 6.10 Å². The highest BCUT2D eigenvalue weighted by Crippen LogP contribution is 2.16. The smallest absolute Gasteiger partial charge is 0.257 e. The van der Waals surface area contributed by atoms with Crippen molar-refractivity contribution in [2.24, 2.45) is 0 Å². The predicted octanol–water partition coefficient (Wildman–Crippen LogP) is 0.0525. The first-order valence-corrected chi connectivity index (χ1v) is 6.79. The van der Waals surface area contributed by atoms with Gasteiger partial charge in [-0.1, -0.05) is 0 Å². The number of hydrogen-bond donors (Lipinski definition) is 1. The van der Waals surface area contributed by atoms with E-state index in [1.165, 1.54) is 4.90 Å². The van der Waals surface area contributed by atoms with E-state index in [4.69, 9.17) is 4.74 Å². The molecule has 114 valence electrons. The van der Waals surface area contributed by atoms with E-state index in [9.17, 15) is 9.59 Å². The number of pyridine rings is 1. The number of amides is 2. The van der Waals surface area contributed by atoms with Crippen LogP contribution in [0.1, 0.15) is 10.4 Å². The van der Waals surface area contributed by atoms with Gasteiger partial charge in [0.25, 0.3) is 11.8 Å². The monoisotopic (exact) mass is 292 g/mol. The number of morpholine rings is 1. The number of likely N-dealkylation sites (N-methyl/N-ethyl adjacent to an activating group) is 1. The van der Waals surface area contributed by atoms with Crippen molar-refractivity contribution < 1.29 is 14.3 Å². The number of rotatable bonds is 3. The van der Waals surface area contributed by atoms with Crippen molar-refractivity contribution in [3.05, 3.63) is 23.9 Å². The highest BCUT2D eigenvalue weighted by Gasteiger charge is 2.31. The Morgan fingerprint density at radius 1 is 1.48 bits per heavy atom. The number of anilines is 1. The van der Waals surface area contributed by atoms with Crippen LogP contribution in [-0.2, 0) is 9.53 Å². The molecule has 0 bridgehead atoms. The van der Waals surface area contributed by atoms with Crippen LogP contribution in [0.2, 0.25) is 0 Å². The van der Waals surface area contributed by atoms with Gasteiger partial charge in [0.2, 0.25) is 0 Å². The van der Waals surface area contributed by atoms with Crippen LogP contribution >= 0.6 is 0 Å². The zero-order valence-electron chi connectivity index (χ0n) is 12.5. The molecule has 1 aliphatic rings. The van der Waals surface area contributed by atoms with Crippen LogP contribution in [0.25, 0.3) is 0 Å². The summed E-state index contributed by atoms with van der Waals surface area (Å²) in [7, 11) is 5.07. The fourth-order valence-electron chi connectivity index (χ4n) is 2.22. The molecular weight excluding hydrogens is 272 g/mol. The molecule has 7 nitrogen and oxygen atoms in total. The van der Waals surface area contributed by atoms with Crippen LogP contribution in [-0.4, -0.2) is 73.5 Å². The topological polar surface area (TPSA) is 74.8 Å².